The zero-order chi connectivity index (χ0) is 18.7. The second kappa shape index (κ2) is 8.63. The normalized spacial score (nSPS) is 19.8. The van der Waals surface area contributed by atoms with Crippen LogP contribution in [0.2, 0.25) is 0 Å². The van der Waals surface area contributed by atoms with Crippen molar-refractivity contribution in [3.05, 3.63) is 38.9 Å². The topological polar surface area (TPSA) is 58.4 Å². The summed E-state index contributed by atoms with van der Waals surface area (Å²) < 4.78 is 2.73. The highest BCUT2D eigenvalue weighted by molar-refractivity contribution is 9.10. The fourth-order valence-corrected chi connectivity index (χ4v) is 4.41. The van der Waals surface area contributed by atoms with Crippen molar-refractivity contribution in [3.8, 4) is 0 Å². The van der Waals surface area contributed by atoms with Gasteiger partial charge in [-0.2, -0.15) is 0 Å². The van der Waals surface area contributed by atoms with Crippen LogP contribution in [-0.4, -0.2) is 39.3 Å². The predicted octanol–water partition coefficient (Wildman–Crippen LogP) is 3.72. The van der Waals surface area contributed by atoms with Crippen LogP contribution in [0.1, 0.15) is 51.4 Å². The molecule has 1 aromatic carbocycles. The van der Waals surface area contributed by atoms with Crippen LogP contribution in [0.25, 0.3) is 10.9 Å². The maximum Gasteiger partial charge on any atom is 0.261 e. The van der Waals surface area contributed by atoms with E-state index in [2.05, 4.69) is 27.8 Å². The highest BCUT2D eigenvalue weighted by Gasteiger charge is 2.29. The summed E-state index contributed by atoms with van der Waals surface area (Å²) in [6.45, 7) is 6.90. The Bertz CT molecular complexity index is 821. The van der Waals surface area contributed by atoms with E-state index in [0.717, 1.165) is 54.6 Å². The van der Waals surface area contributed by atoms with Gasteiger partial charge in [-0.3, -0.25) is 14.3 Å². The number of halogens is 1. The molecule has 3 rings (SSSR count). The zero-order valence-electron chi connectivity index (χ0n) is 15.6. The average molecular weight is 422 g/mol. The lowest BCUT2D eigenvalue weighted by Crippen LogP contribution is -2.41. The summed E-state index contributed by atoms with van der Waals surface area (Å²) in [5.74, 6) is 1.19. The van der Waals surface area contributed by atoms with Gasteiger partial charge in [0.05, 0.1) is 16.9 Å². The second-order valence-corrected chi connectivity index (χ2v) is 8.09. The maximum atomic E-state index is 13.1. The molecule has 0 unspecified atom stereocenters. The number of aliphatic hydroxyl groups is 1. The summed E-state index contributed by atoms with van der Waals surface area (Å²) in [6.07, 6.45) is 4.16. The van der Waals surface area contributed by atoms with Gasteiger partial charge in [-0.05, 0) is 56.8 Å². The van der Waals surface area contributed by atoms with E-state index in [1.165, 1.54) is 0 Å². The van der Waals surface area contributed by atoms with E-state index in [9.17, 15) is 9.90 Å². The fraction of sp³-hybridized carbons (Fsp3) is 0.600. The molecule has 142 valence electrons. The number of aromatic nitrogens is 2. The van der Waals surface area contributed by atoms with Gasteiger partial charge in [0.2, 0.25) is 0 Å². The number of benzene rings is 1. The number of rotatable bonds is 6. The number of fused-ring (bicyclic) bond motifs is 1. The summed E-state index contributed by atoms with van der Waals surface area (Å²) in [5.41, 5.74) is 0.792. The smallest absolute Gasteiger partial charge is 0.261 e. The summed E-state index contributed by atoms with van der Waals surface area (Å²) in [7, 11) is 0. The van der Waals surface area contributed by atoms with Crippen molar-refractivity contribution in [2.45, 2.75) is 52.1 Å². The molecular formula is C20H28BrN3O2. The summed E-state index contributed by atoms with van der Waals surface area (Å²) >= 11 is 3.45. The lowest BCUT2D eigenvalue weighted by atomic mass is 9.96. The van der Waals surface area contributed by atoms with E-state index in [0.29, 0.717) is 17.8 Å². The van der Waals surface area contributed by atoms with Crippen molar-refractivity contribution < 1.29 is 5.11 Å². The lowest BCUT2D eigenvalue weighted by molar-refractivity contribution is 0.0785. The SMILES string of the molecule is CCC[C@@H](c1nc2ccc(Br)cc2c(=O)n1CC)N1CCC[C@@H](CO)C1. The van der Waals surface area contributed by atoms with Gasteiger partial charge < -0.3 is 5.11 Å². The predicted molar refractivity (Wildman–Crippen MR) is 108 cm³/mol. The van der Waals surface area contributed by atoms with E-state index >= 15 is 0 Å². The summed E-state index contributed by atoms with van der Waals surface area (Å²) in [5, 5.41) is 10.3. The number of hydrogen-bond acceptors (Lipinski definition) is 4. The zero-order valence-corrected chi connectivity index (χ0v) is 17.2. The second-order valence-electron chi connectivity index (χ2n) is 7.17. The number of nitrogens with zero attached hydrogens (tertiary/aromatic N) is 3. The average Bonchev–Trinajstić information content (AvgIpc) is 2.66. The molecule has 1 N–H and O–H groups in total. The van der Waals surface area contributed by atoms with Crippen LogP contribution in [0.4, 0.5) is 0 Å². The van der Waals surface area contributed by atoms with Gasteiger partial charge in [0, 0.05) is 24.2 Å². The minimum absolute atomic E-state index is 0.0330. The van der Waals surface area contributed by atoms with Crippen molar-refractivity contribution in [2.24, 2.45) is 5.92 Å². The Kier molecular flexibility index (Phi) is 6.48. The van der Waals surface area contributed by atoms with E-state index in [4.69, 9.17) is 4.98 Å². The van der Waals surface area contributed by atoms with Crippen molar-refractivity contribution in [1.29, 1.82) is 0 Å². The molecule has 0 aliphatic carbocycles. The molecule has 6 heteroatoms. The highest BCUT2D eigenvalue weighted by atomic mass is 79.9. The van der Waals surface area contributed by atoms with Crippen molar-refractivity contribution in [2.75, 3.05) is 19.7 Å². The fourth-order valence-electron chi connectivity index (χ4n) is 4.05. The Morgan fingerprint density at radius 3 is 2.88 bits per heavy atom. The first kappa shape index (κ1) is 19.5. The Balaban J connectivity index is 2.10. The molecule has 1 aliphatic rings. The third-order valence-corrected chi connectivity index (χ3v) is 5.86. The van der Waals surface area contributed by atoms with E-state index in [-0.39, 0.29) is 18.2 Å². The van der Waals surface area contributed by atoms with Crippen molar-refractivity contribution in [3.63, 3.8) is 0 Å². The molecule has 26 heavy (non-hydrogen) atoms. The van der Waals surface area contributed by atoms with Crippen LogP contribution >= 0.6 is 15.9 Å². The maximum absolute atomic E-state index is 13.1. The summed E-state index contributed by atoms with van der Waals surface area (Å²) in [4.78, 5) is 20.4. The number of hydrogen-bond donors (Lipinski definition) is 1. The van der Waals surface area contributed by atoms with E-state index in [1.54, 1.807) is 0 Å². The minimum Gasteiger partial charge on any atom is -0.396 e. The molecule has 2 atom stereocenters. The van der Waals surface area contributed by atoms with Crippen molar-refractivity contribution in [1.82, 2.24) is 14.5 Å². The molecule has 1 fully saturated rings. The Hall–Kier alpha value is -1.24. The van der Waals surface area contributed by atoms with Crippen LogP contribution in [0.5, 0.6) is 0 Å². The van der Waals surface area contributed by atoms with Gasteiger partial charge in [-0.15, -0.1) is 0 Å². The first-order valence-electron chi connectivity index (χ1n) is 9.63. The monoisotopic (exact) mass is 421 g/mol. The molecule has 2 heterocycles. The largest absolute Gasteiger partial charge is 0.396 e. The highest BCUT2D eigenvalue weighted by Crippen LogP contribution is 2.30. The summed E-state index contributed by atoms with van der Waals surface area (Å²) in [6, 6.07) is 5.83. The Morgan fingerprint density at radius 2 is 2.19 bits per heavy atom. The Labute approximate surface area is 163 Å². The van der Waals surface area contributed by atoms with Gasteiger partial charge in [-0.25, -0.2) is 4.98 Å². The van der Waals surface area contributed by atoms with Crippen LogP contribution in [0, 0.1) is 5.92 Å². The molecule has 0 bridgehead atoms. The van der Waals surface area contributed by atoms with Crippen LogP contribution in [0.15, 0.2) is 27.5 Å². The van der Waals surface area contributed by atoms with Gasteiger partial charge >= 0.3 is 0 Å². The van der Waals surface area contributed by atoms with Gasteiger partial charge in [0.1, 0.15) is 5.82 Å². The standard InChI is InChI=1S/C20H28BrN3O2/c1-3-6-18(23-10-5-7-14(12-23)13-25)19-22-17-9-8-15(21)11-16(17)20(26)24(19)4-2/h8-9,11,14,18,25H,3-7,10,12-13H2,1-2H3/t14-,18+/m1/s1. The van der Waals surface area contributed by atoms with Crippen LogP contribution < -0.4 is 5.56 Å². The first-order chi connectivity index (χ1) is 12.6. The number of aliphatic hydroxyl groups excluding tert-OH is 1. The molecule has 0 saturated carbocycles. The molecule has 2 aromatic rings. The molecular weight excluding hydrogens is 394 g/mol. The van der Waals surface area contributed by atoms with Crippen molar-refractivity contribution >= 4 is 26.8 Å². The third-order valence-electron chi connectivity index (χ3n) is 5.37. The minimum atomic E-state index is 0.0330. The van der Waals surface area contributed by atoms with E-state index < -0.39 is 0 Å². The number of piperidine rings is 1. The van der Waals surface area contributed by atoms with Gasteiger partial charge in [0.25, 0.3) is 5.56 Å². The molecule has 1 aromatic heterocycles. The van der Waals surface area contributed by atoms with Crippen LogP contribution in [0.3, 0.4) is 0 Å². The quantitative estimate of drug-likeness (QED) is 0.771. The molecule has 0 radical (unpaired) electrons. The van der Waals surface area contributed by atoms with Crippen LogP contribution in [-0.2, 0) is 6.54 Å². The van der Waals surface area contributed by atoms with Gasteiger partial charge in [-0.1, -0.05) is 29.3 Å². The molecule has 5 nitrogen and oxygen atoms in total. The Morgan fingerprint density at radius 1 is 1.38 bits per heavy atom. The van der Waals surface area contributed by atoms with E-state index in [1.807, 2.05) is 29.7 Å². The lowest BCUT2D eigenvalue weighted by Gasteiger charge is -2.38. The first-order valence-corrected chi connectivity index (χ1v) is 10.4. The third kappa shape index (κ3) is 3.87. The molecule has 1 aliphatic heterocycles. The van der Waals surface area contributed by atoms with Gasteiger partial charge in [0.15, 0.2) is 0 Å². The number of likely N-dealkylation sites (tertiary alicyclic amines) is 1. The molecule has 0 spiro atoms. The molecule has 1 saturated heterocycles. The molecule has 0 amide bonds.